The molecule has 0 radical (unpaired) electrons. The number of aromatic nitrogens is 3. The fraction of sp³-hybridized carbons (Fsp3) is 0.278. The first-order chi connectivity index (χ1) is 11.7. The van der Waals surface area contributed by atoms with Gasteiger partial charge < -0.3 is 4.74 Å². The molecule has 0 amide bonds. The normalized spacial score (nSPS) is 18.0. The minimum absolute atomic E-state index is 0.00603. The van der Waals surface area contributed by atoms with Gasteiger partial charge in [0.1, 0.15) is 6.23 Å². The first kappa shape index (κ1) is 15.6. The number of terminal acetylenes is 1. The number of benzene rings is 1. The van der Waals surface area contributed by atoms with Crippen LogP contribution >= 0.6 is 23.2 Å². The van der Waals surface area contributed by atoms with E-state index in [0.717, 1.165) is 47.9 Å². The smallest absolute Gasteiger partial charge is 0.150 e. The Bertz CT molecular complexity index is 945. The minimum atomic E-state index is 0.00603. The number of ether oxygens (including phenoxy) is 1. The van der Waals surface area contributed by atoms with Crippen LogP contribution in [-0.2, 0) is 4.74 Å². The van der Waals surface area contributed by atoms with Gasteiger partial charge in [-0.25, -0.2) is 4.68 Å². The molecule has 0 saturated carbocycles. The summed E-state index contributed by atoms with van der Waals surface area (Å²) in [5.74, 6) is 0. The van der Waals surface area contributed by atoms with Gasteiger partial charge in [-0.05, 0) is 25.3 Å². The van der Waals surface area contributed by atoms with Gasteiger partial charge in [0.15, 0.2) is 0 Å². The van der Waals surface area contributed by atoms with Crippen molar-refractivity contribution in [2.45, 2.75) is 25.5 Å². The van der Waals surface area contributed by atoms with Crippen LogP contribution in [-0.4, -0.2) is 21.0 Å². The molecule has 0 spiro atoms. The zero-order valence-corrected chi connectivity index (χ0v) is 14.4. The molecule has 1 aliphatic heterocycles. The predicted octanol–water partition coefficient (Wildman–Crippen LogP) is 4.95. The summed E-state index contributed by atoms with van der Waals surface area (Å²) in [7, 11) is 0. The van der Waals surface area contributed by atoms with Gasteiger partial charge >= 0.3 is 0 Å². The van der Waals surface area contributed by atoms with E-state index >= 15 is 0 Å². The summed E-state index contributed by atoms with van der Waals surface area (Å²) in [4.78, 5) is 0. The van der Waals surface area contributed by atoms with Crippen LogP contribution in [0.1, 0.15) is 25.5 Å². The largest absolute Gasteiger partial charge is 0.357 e. The average Bonchev–Trinajstić information content (AvgIpc) is 3.23. The summed E-state index contributed by atoms with van der Waals surface area (Å²) in [5.41, 5.74) is 2.69. The van der Waals surface area contributed by atoms with Gasteiger partial charge in [0.05, 0.1) is 21.8 Å². The van der Waals surface area contributed by atoms with Crippen molar-refractivity contribution in [3.63, 3.8) is 0 Å². The molecule has 0 N–H and O–H groups in total. The summed E-state index contributed by atoms with van der Waals surface area (Å²) in [6.07, 6.45) is 14.6. The van der Waals surface area contributed by atoms with E-state index in [1.54, 1.807) is 10.6 Å². The highest BCUT2D eigenvalue weighted by atomic mass is 35.5. The predicted molar refractivity (Wildman–Crippen MR) is 96.3 cm³/mol. The quantitative estimate of drug-likeness (QED) is 0.606. The number of hydrogen-bond donors (Lipinski definition) is 0. The summed E-state index contributed by atoms with van der Waals surface area (Å²) in [6, 6.07) is 6.33. The fourth-order valence-corrected chi connectivity index (χ4v) is 3.56. The van der Waals surface area contributed by atoms with Crippen LogP contribution in [0.5, 0.6) is 0 Å². The Hall–Kier alpha value is -1.93. The number of rotatable bonds is 2. The van der Waals surface area contributed by atoms with E-state index in [-0.39, 0.29) is 6.23 Å². The minimum Gasteiger partial charge on any atom is -0.357 e. The van der Waals surface area contributed by atoms with Crippen molar-refractivity contribution in [3.8, 4) is 23.6 Å². The number of hydrogen-bond acceptors (Lipinski definition) is 2. The lowest BCUT2D eigenvalue weighted by Crippen LogP contribution is -2.18. The molecule has 0 aliphatic carbocycles. The number of halogens is 2. The number of nitrogens with zero attached hydrogens (tertiary/aromatic N) is 3. The fourth-order valence-electron chi connectivity index (χ4n) is 3.15. The zero-order chi connectivity index (χ0) is 16.7. The number of fused-ring (bicyclic) bond motifs is 1. The standard InChI is InChI=1S/C18H15Cl2N3O/c1-2-22-11-14(13-6-7-15(19)17(20)18(13)22)12-9-21-23(10-12)16-5-3-4-8-24-16/h1,6-7,9-11,16H,3-5,8H2. The molecule has 3 heterocycles. The first-order valence-electron chi connectivity index (χ1n) is 7.81. The third-order valence-corrected chi connectivity index (χ3v) is 5.15. The van der Waals surface area contributed by atoms with Gasteiger partial charge in [0.25, 0.3) is 0 Å². The summed E-state index contributed by atoms with van der Waals surface area (Å²) < 4.78 is 9.33. The molecule has 0 bridgehead atoms. The van der Waals surface area contributed by atoms with Gasteiger partial charge in [-0.3, -0.25) is 4.57 Å². The average molecular weight is 360 g/mol. The molecule has 4 rings (SSSR count). The second-order valence-electron chi connectivity index (χ2n) is 5.83. The van der Waals surface area contributed by atoms with Gasteiger partial charge in [-0.2, -0.15) is 5.10 Å². The van der Waals surface area contributed by atoms with Crippen molar-refractivity contribution in [3.05, 3.63) is 40.8 Å². The molecule has 1 unspecified atom stereocenters. The maximum Gasteiger partial charge on any atom is 0.150 e. The van der Waals surface area contributed by atoms with Crippen molar-refractivity contribution in [2.24, 2.45) is 0 Å². The Morgan fingerprint density at radius 2 is 2.12 bits per heavy atom. The topological polar surface area (TPSA) is 32.0 Å². The SMILES string of the molecule is C#Cn1cc(-c2cnn(C3CCCCO3)c2)c2ccc(Cl)c(Cl)c21. The lowest BCUT2D eigenvalue weighted by Gasteiger charge is -2.22. The molecule has 122 valence electrons. The maximum absolute atomic E-state index is 6.35. The third-order valence-electron chi connectivity index (χ3n) is 4.36. The van der Waals surface area contributed by atoms with Crippen LogP contribution < -0.4 is 0 Å². The van der Waals surface area contributed by atoms with Gasteiger partial charge in [0, 0.05) is 41.6 Å². The molecule has 1 fully saturated rings. The molecular formula is C18H15Cl2N3O. The van der Waals surface area contributed by atoms with Gasteiger partial charge in [-0.1, -0.05) is 35.7 Å². The Labute approximate surface area is 149 Å². The Morgan fingerprint density at radius 3 is 2.88 bits per heavy atom. The van der Waals surface area contributed by atoms with E-state index in [1.807, 2.05) is 29.3 Å². The van der Waals surface area contributed by atoms with Gasteiger partial charge in [-0.15, -0.1) is 0 Å². The monoisotopic (exact) mass is 359 g/mol. The molecule has 6 heteroatoms. The molecular weight excluding hydrogens is 345 g/mol. The Morgan fingerprint density at radius 1 is 1.25 bits per heavy atom. The molecule has 4 nitrogen and oxygen atoms in total. The van der Waals surface area contributed by atoms with E-state index < -0.39 is 0 Å². The maximum atomic E-state index is 6.35. The lowest BCUT2D eigenvalue weighted by molar-refractivity contribution is -0.0394. The Kier molecular flexibility index (Phi) is 4.01. The molecule has 2 aromatic heterocycles. The molecule has 1 saturated heterocycles. The van der Waals surface area contributed by atoms with Crippen LogP contribution in [0.15, 0.2) is 30.7 Å². The first-order valence-corrected chi connectivity index (χ1v) is 8.56. The van der Waals surface area contributed by atoms with Crippen molar-refractivity contribution in [1.29, 1.82) is 0 Å². The van der Waals surface area contributed by atoms with E-state index in [0.29, 0.717) is 10.0 Å². The van der Waals surface area contributed by atoms with Crippen LogP contribution in [0.2, 0.25) is 10.0 Å². The van der Waals surface area contributed by atoms with Crippen LogP contribution in [0.4, 0.5) is 0 Å². The second kappa shape index (κ2) is 6.18. The second-order valence-corrected chi connectivity index (χ2v) is 6.61. The summed E-state index contributed by atoms with van der Waals surface area (Å²) in [5, 5.41) is 6.36. The van der Waals surface area contributed by atoms with E-state index in [1.165, 1.54) is 0 Å². The van der Waals surface area contributed by atoms with Crippen molar-refractivity contribution >= 4 is 34.1 Å². The third kappa shape index (κ3) is 2.50. The molecule has 1 atom stereocenters. The highest BCUT2D eigenvalue weighted by Crippen LogP contribution is 2.38. The summed E-state index contributed by atoms with van der Waals surface area (Å²) in [6.45, 7) is 0.782. The molecule has 1 aromatic carbocycles. The van der Waals surface area contributed by atoms with Crippen LogP contribution in [0, 0.1) is 12.5 Å². The highest BCUT2D eigenvalue weighted by molar-refractivity contribution is 6.45. The van der Waals surface area contributed by atoms with Gasteiger partial charge in [0.2, 0.25) is 0 Å². The Balaban J connectivity index is 1.81. The molecule has 1 aliphatic rings. The zero-order valence-electron chi connectivity index (χ0n) is 12.9. The highest BCUT2D eigenvalue weighted by Gasteiger charge is 2.19. The van der Waals surface area contributed by atoms with Crippen molar-refractivity contribution in [1.82, 2.24) is 14.3 Å². The molecule has 24 heavy (non-hydrogen) atoms. The van der Waals surface area contributed by atoms with Crippen molar-refractivity contribution in [2.75, 3.05) is 6.61 Å². The van der Waals surface area contributed by atoms with Crippen LogP contribution in [0.3, 0.4) is 0 Å². The van der Waals surface area contributed by atoms with E-state index in [4.69, 9.17) is 34.4 Å². The molecule has 3 aromatic rings. The van der Waals surface area contributed by atoms with Crippen LogP contribution in [0.25, 0.3) is 22.0 Å². The lowest BCUT2D eigenvalue weighted by atomic mass is 10.1. The van der Waals surface area contributed by atoms with E-state index in [9.17, 15) is 0 Å². The summed E-state index contributed by atoms with van der Waals surface area (Å²) >= 11 is 12.5. The van der Waals surface area contributed by atoms with Crippen molar-refractivity contribution < 1.29 is 4.74 Å². The van der Waals surface area contributed by atoms with E-state index in [2.05, 4.69) is 11.1 Å².